The van der Waals surface area contributed by atoms with Crippen LogP contribution in [0.1, 0.15) is 42.6 Å². The minimum absolute atomic E-state index is 0.131. The van der Waals surface area contributed by atoms with Crippen LogP contribution in [0.15, 0.2) is 12.1 Å². The standard InChI is InChI=1S/C14H17Cl2N3S/c1-4-5-12-18-13(16)8(2)14(19-12)17-9(3)10-6-7-11(15)20-10/h6-7,9H,4-5H2,1-3H3,(H,17,18,19). The van der Waals surface area contributed by atoms with Gasteiger partial charge < -0.3 is 5.32 Å². The van der Waals surface area contributed by atoms with Crippen LogP contribution in [0.2, 0.25) is 9.49 Å². The summed E-state index contributed by atoms with van der Waals surface area (Å²) in [5, 5.41) is 3.91. The van der Waals surface area contributed by atoms with E-state index in [4.69, 9.17) is 23.2 Å². The molecule has 108 valence electrons. The van der Waals surface area contributed by atoms with E-state index in [1.165, 1.54) is 4.88 Å². The summed E-state index contributed by atoms with van der Waals surface area (Å²) in [6, 6.07) is 4.06. The topological polar surface area (TPSA) is 37.8 Å². The molecular formula is C14H17Cl2N3S. The highest BCUT2D eigenvalue weighted by molar-refractivity contribution is 7.16. The zero-order chi connectivity index (χ0) is 14.7. The van der Waals surface area contributed by atoms with Gasteiger partial charge in [0.25, 0.3) is 0 Å². The fourth-order valence-corrected chi connectivity index (χ4v) is 3.10. The Labute approximate surface area is 133 Å². The van der Waals surface area contributed by atoms with Gasteiger partial charge in [-0.25, -0.2) is 9.97 Å². The van der Waals surface area contributed by atoms with Crippen molar-refractivity contribution in [1.82, 2.24) is 9.97 Å². The van der Waals surface area contributed by atoms with Gasteiger partial charge in [0.1, 0.15) is 16.8 Å². The molecule has 6 heteroatoms. The predicted octanol–water partition coefficient (Wildman–Crippen LogP) is 5.28. The first-order valence-electron chi connectivity index (χ1n) is 6.56. The van der Waals surface area contributed by atoms with E-state index in [1.807, 2.05) is 19.1 Å². The van der Waals surface area contributed by atoms with E-state index in [0.717, 1.165) is 34.4 Å². The van der Waals surface area contributed by atoms with Gasteiger partial charge >= 0.3 is 0 Å². The molecule has 0 bridgehead atoms. The van der Waals surface area contributed by atoms with E-state index in [0.29, 0.717) is 5.15 Å². The van der Waals surface area contributed by atoms with Crippen molar-refractivity contribution in [2.24, 2.45) is 0 Å². The molecule has 20 heavy (non-hydrogen) atoms. The molecule has 1 unspecified atom stereocenters. The molecule has 2 aromatic rings. The number of thiophene rings is 1. The van der Waals surface area contributed by atoms with Crippen molar-refractivity contribution in [3.63, 3.8) is 0 Å². The summed E-state index contributed by atoms with van der Waals surface area (Å²) in [5.74, 6) is 1.58. The molecule has 0 aromatic carbocycles. The Morgan fingerprint density at radius 2 is 2.05 bits per heavy atom. The first-order valence-corrected chi connectivity index (χ1v) is 8.13. The zero-order valence-corrected chi connectivity index (χ0v) is 14.0. The molecule has 2 aromatic heterocycles. The summed E-state index contributed by atoms with van der Waals surface area (Å²) in [5.41, 5.74) is 0.876. The number of anilines is 1. The summed E-state index contributed by atoms with van der Waals surface area (Å²) < 4.78 is 0.790. The lowest BCUT2D eigenvalue weighted by Crippen LogP contribution is -2.10. The monoisotopic (exact) mass is 329 g/mol. The molecule has 1 N–H and O–H groups in total. The third-order valence-corrected chi connectivity index (χ3v) is 4.76. The molecule has 0 amide bonds. The van der Waals surface area contributed by atoms with Crippen molar-refractivity contribution < 1.29 is 0 Å². The van der Waals surface area contributed by atoms with E-state index in [1.54, 1.807) is 11.3 Å². The van der Waals surface area contributed by atoms with Crippen molar-refractivity contribution in [2.75, 3.05) is 5.32 Å². The quantitative estimate of drug-likeness (QED) is 0.758. The lowest BCUT2D eigenvalue weighted by Gasteiger charge is -2.16. The van der Waals surface area contributed by atoms with Crippen LogP contribution in [0.5, 0.6) is 0 Å². The molecule has 0 aliphatic rings. The van der Waals surface area contributed by atoms with Crippen molar-refractivity contribution >= 4 is 40.4 Å². The number of hydrogen-bond acceptors (Lipinski definition) is 4. The van der Waals surface area contributed by atoms with Gasteiger partial charge in [0.15, 0.2) is 0 Å². The molecule has 0 saturated heterocycles. The van der Waals surface area contributed by atoms with Gasteiger partial charge in [-0.05, 0) is 32.4 Å². The van der Waals surface area contributed by atoms with Crippen LogP contribution >= 0.6 is 34.5 Å². The minimum Gasteiger partial charge on any atom is -0.362 e. The fraction of sp³-hybridized carbons (Fsp3) is 0.429. The summed E-state index contributed by atoms with van der Waals surface area (Å²) in [6.07, 6.45) is 1.82. The van der Waals surface area contributed by atoms with Gasteiger partial charge in [0.05, 0.1) is 10.4 Å². The predicted molar refractivity (Wildman–Crippen MR) is 87.1 cm³/mol. The largest absolute Gasteiger partial charge is 0.362 e. The third-order valence-electron chi connectivity index (χ3n) is 2.98. The Morgan fingerprint density at radius 3 is 2.65 bits per heavy atom. The maximum atomic E-state index is 6.18. The van der Waals surface area contributed by atoms with Crippen LogP contribution in [-0.2, 0) is 6.42 Å². The Balaban J connectivity index is 2.23. The van der Waals surface area contributed by atoms with E-state index >= 15 is 0 Å². The first kappa shape index (κ1) is 15.5. The molecule has 2 rings (SSSR count). The van der Waals surface area contributed by atoms with Crippen LogP contribution in [0.25, 0.3) is 0 Å². The van der Waals surface area contributed by atoms with Crippen LogP contribution in [0.4, 0.5) is 5.82 Å². The van der Waals surface area contributed by atoms with E-state index < -0.39 is 0 Å². The maximum absolute atomic E-state index is 6.18. The Bertz CT molecular complexity index is 598. The molecule has 0 aliphatic carbocycles. The van der Waals surface area contributed by atoms with Crippen molar-refractivity contribution in [2.45, 2.75) is 39.7 Å². The highest BCUT2D eigenvalue weighted by atomic mass is 35.5. The molecule has 2 heterocycles. The molecule has 0 saturated carbocycles. The van der Waals surface area contributed by atoms with E-state index in [9.17, 15) is 0 Å². The molecule has 3 nitrogen and oxygen atoms in total. The summed E-state index contributed by atoms with van der Waals surface area (Å²) in [4.78, 5) is 10.0. The second-order valence-corrected chi connectivity index (χ2v) is 6.77. The highest BCUT2D eigenvalue weighted by Gasteiger charge is 2.13. The number of aromatic nitrogens is 2. The molecule has 0 spiro atoms. The molecule has 0 fully saturated rings. The van der Waals surface area contributed by atoms with Gasteiger partial charge in [-0.2, -0.15) is 0 Å². The van der Waals surface area contributed by atoms with Crippen LogP contribution in [0.3, 0.4) is 0 Å². The highest BCUT2D eigenvalue weighted by Crippen LogP contribution is 2.30. The van der Waals surface area contributed by atoms with Crippen LogP contribution in [-0.4, -0.2) is 9.97 Å². The second kappa shape index (κ2) is 6.74. The van der Waals surface area contributed by atoms with Gasteiger partial charge in [-0.1, -0.05) is 30.1 Å². The number of aryl methyl sites for hydroxylation is 1. The van der Waals surface area contributed by atoms with Gasteiger partial charge in [0.2, 0.25) is 0 Å². The zero-order valence-electron chi connectivity index (χ0n) is 11.7. The summed E-state index contributed by atoms with van der Waals surface area (Å²) in [7, 11) is 0. The SMILES string of the molecule is CCCc1nc(Cl)c(C)c(NC(C)c2ccc(Cl)s2)n1. The average Bonchev–Trinajstić information content (AvgIpc) is 2.82. The molecule has 0 radical (unpaired) electrons. The molecular weight excluding hydrogens is 313 g/mol. The first-order chi connectivity index (χ1) is 9.51. The number of nitrogens with zero attached hydrogens (tertiary/aromatic N) is 2. The van der Waals surface area contributed by atoms with E-state index in [2.05, 4.69) is 29.1 Å². The second-order valence-electron chi connectivity index (χ2n) is 4.66. The Kier molecular flexibility index (Phi) is 5.24. The minimum atomic E-state index is 0.131. The lowest BCUT2D eigenvalue weighted by molar-refractivity contribution is 0.818. The number of rotatable bonds is 5. The van der Waals surface area contributed by atoms with Gasteiger partial charge in [0, 0.05) is 16.9 Å². The average molecular weight is 330 g/mol. The fourth-order valence-electron chi connectivity index (χ4n) is 1.85. The van der Waals surface area contributed by atoms with Gasteiger partial charge in [-0.15, -0.1) is 11.3 Å². The smallest absolute Gasteiger partial charge is 0.137 e. The lowest BCUT2D eigenvalue weighted by atomic mass is 10.2. The van der Waals surface area contributed by atoms with E-state index in [-0.39, 0.29) is 6.04 Å². The van der Waals surface area contributed by atoms with Crippen molar-refractivity contribution in [3.05, 3.63) is 37.9 Å². The number of nitrogens with one attached hydrogen (secondary N) is 1. The normalized spacial score (nSPS) is 12.4. The van der Waals surface area contributed by atoms with Crippen molar-refractivity contribution in [3.8, 4) is 0 Å². The van der Waals surface area contributed by atoms with Crippen LogP contribution in [0, 0.1) is 6.92 Å². The Hall–Kier alpha value is -0.840. The summed E-state index contributed by atoms with van der Waals surface area (Å²) >= 11 is 13.7. The maximum Gasteiger partial charge on any atom is 0.137 e. The third kappa shape index (κ3) is 3.62. The van der Waals surface area contributed by atoms with Crippen LogP contribution < -0.4 is 5.32 Å². The number of hydrogen-bond donors (Lipinski definition) is 1. The van der Waals surface area contributed by atoms with Crippen molar-refractivity contribution in [1.29, 1.82) is 0 Å². The molecule has 0 aliphatic heterocycles. The Morgan fingerprint density at radius 1 is 1.30 bits per heavy atom. The molecule has 1 atom stereocenters. The van der Waals surface area contributed by atoms with Gasteiger partial charge in [-0.3, -0.25) is 0 Å². The summed E-state index contributed by atoms with van der Waals surface area (Å²) in [6.45, 7) is 6.10. The number of halogens is 2.